The number of benzene rings is 2. The molecule has 0 atom stereocenters. The molecule has 156 valence electrons. The van der Waals surface area contributed by atoms with Gasteiger partial charge in [0.1, 0.15) is 11.6 Å². The van der Waals surface area contributed by atoms with E-state index in [0.717, 1.165) is 23.4 Å². The first-order chi connectivity index (χ1) is 13.6. The maximum atomic E-state index is 13.6. The molecule has 0 saturated heterocycles. The number of halogens is 2. The first kappa shape index (κ1) is 22.9. The molecule has 0 aliphatic carbocycles. The minimum atomic E-state index is -0.210. The van der Waals surface area contributed by atoms with E-state index >= 15 is 0 Å². The highest BCUT2D eigenvalue weighted by molar-refractivity contribution is 14.0. The number of amides is 1. The second-order valence-corrected chi connectivity index (χ2v) is 6.59. The van der Waals surface area contributed by atoms with Gasteiger partial charge in [0.05, 0.1) is 5.69 Å². The minimum Gasteiger partial charge on any atom is -0.482 e. The molecule has 1 aliphatic rings. The van der Waals surface area contributed by atoms with Gasteiger partial charge < -0.3 is 20.3 Å². The summed E-state index contributed by atoms with van der Waals surface area (Å²) in [5.41, 5.74) is 2.29. The summed E-state index contributed by atoms with van der Waals surface area (Å²) < 4.78 is 19.1. The molecule has 29 heavy (non-hydrogen) atoms. The standard InChI is InChI=1S/C21H25FN4O2.HI/c1-15-8-9-16(12-17(15)22)13-25-21(23-2)24-10-5-11-26-18-6-3-4-7-19(18)28-14-20(26)27;/h3-4,6-9,12H,5,10-11,13-14H2,1-2H3,(H2,23,24,25);1H. The number of carbonyl (C=O) groups is 1. The Kier molecular flexibility index (Phi) is 8.69. The number of aliphatic imine (C=N–C) groups is 1. The monoisotopic (exact) mass is 512 g/mol. The van der Waals surface area contributed by atoms with Crippen LogP contribution in [-0.4, -0.2) is 38.6 Å². The van der Waals surface area contributed by atoms with Gasteiger partial charge in [0.2, 0.25) is 0 Å². The lowest BCUT2D eigenvalue weighted by molar-refractivity contribution is -0.121. The highest BCUT2D eigenvalue weighted by Crippen LogP contribution is 2.31. The number of aryl methyl sites for hydroxylation is 1. The summed E-state index contributed by atoms with van der Waals surface area (Å²) in [5, 5.41) is 6.39. The zero-order valence-corrected chi connectivity index (χ0v) is 18.9. The quantitative estimate of drug-likeness (QED) is 0.270. The summed E-state index contributed by atoms with van der Waals surface area (Å²) in [7, 11) is 1.69. The number of carbonyl (C=O) groups excluding carboxylic acids is 1. The van der Waals surface area contributed by atoms with Gasteiger partial charge >= 0.3 is 0 Å². The first-order valence-corrected chi connectivity index (χ1v) is 9.30. The van der Waals surface area contributed by atoms with Crippen LogP contribution in [0.5, 0.6) is 5.75 Å². The molecular formula is C21H26FIN4O2. The van der Waals surface area contributed by atoms with E-state index in [1.165, 1.54) is 6.07 Å². The van der Waals surface area contributed by atoms with Crippen LogP contribution in [0.3, 0.4) is 0 Å². The van der Waals surface area contributed by atoms with E-state index in [4.69, 9.17) is 4.74 Å². The second kappa shape index (κ2) is 11.0. The Labute approximate surface area is 187 Å². The lowest BCUT2D eigenvalue weighted by Crippen LogP contribution is -2.42. The van der Waals surface area contributed by atoms with Gasteiger partial charge in [-0.3, -0.25) is 9.79 Å². The second-order valence-electron chi connectivity index (χ2n) is 6.59. The molecule has 2 aromatic rings. The van der Waals surface area contributed by atoms with Crippen molar-refractivity contribution in [2.45, 2.75) is 19.9 Å². The van der Waals surface area contributed by atoms with Crippen LogP contribution in [-0.2, 0) is 11.3 Å². The predicted molar refractivity (Wildman–Crippen MR) is 124 cm³/mol. The van der Waals surface area contributed by atoms with Crippen molar-refractivity contribution in [1.82, 2.24) is 10.6 Å². The number of anilines is 1. The Bertz CT molecular complexity index is 876. The molecule has 0 fully saturated rings. The van der Waals surface area contributed by atoms with E-state index in [9.17, 15) is 9.18 Å². The maximum absolute atomic E-state index is 13.6. The zero-order valence-electron chi connectivity index (χ0n) is 16.6. The van der Waals surface area contributed by atoms with E-state index in [-0.39, 0.29) is 42.3 Å². The molecule has 2 N–H and O–H groups in total. The molecule has 0 aromatic heterocycles. The van der Waals surface area contributed by atoms with Gasteiger partial charge in [-0.25, -0.2) is 4.39 Å². The third-order valence-corrected chi connectivity index (χ3v) is 4.58. The SMILES string of the molecule is CN=C(NCCCN1C(=O)COc2ccccc21)NCc1ccc(C)c(F)c1.I. The summed E-state index contributed by atoms with van der Waals surface area (Å²) in [6.45, 7) is 3.53. The lowest BCUT2D eigenvalue weighted by Gasteiger charge is -2.29. The average molecular weight is 512 g/mol. The number of guanidine groups is 1. The van der Waals surface area contributed by atoms with E-state index < -0.39 is 0 Å². The number of ether oxygens (including phenoxy) is 1. The smallest absolute Gasteiger partial charge is 0.265 e. The van der Waals surface area contributed by atoms with Crippen LogP contribution in [0.2, 0.25) is 0 Å². The summed E-state index contributed by atoms with van der Waals surface area (Å²) in [6, 6.07) is 12.7. The number of nitrogens with one attached hydrogen (secondary N) is 2. The molecule has 2 aromatic carbocycles. The van der Waals surface area contributed by atoms with Gasteiger partial charge in [0.25, 0.3) is 5.91 Å². The van der Waals surface area contributed by atoms with Gasteiger partial charge in [0.15, 0.2) is 12.6 Å². The van der Waals surface area contributed by atoms with E-state index in [2.05, 4.69) is 15.6 Å². The van der Waals surface area contributed by atoms with Crippen LogP contribution in [0.4, 0.5) is 10.1 Å². The van der Waals surface area contributed by atoms with Crippen LogP contribution in [0, 0.1) is 12.7 Å². The van der Waals surface area contributed by atoms with Crippen LogP contribution in [0.1, 0.15) is 17.5 Å². The summed E-state index contributed by atoms with van der Waals surface area (Å²) in [4.78, 5) is 18.1. The summed E-state index contributed by atoms with van der Waals surface area (Å²) in [5.74, 6) is 1.12. The predicted octanol–water partition coefficient (Wildman–Crippen LogP) is 3.23. The highest BCUT2D eigenvalue weighted by atomic mass is 127. The van der Waals surface area contributed by atoms with Crippen molar-refractivity contribution in [1.29, 1.82) is 0 Å². The molecule has 3 rings (SSSR count). The largest absolute Gasteiger partial charge is 0.482 e. The Hall–Kier alpha value is -2.36. The van der Waals surface area contributed by atoms with Crippen LogP contribution < -0.4 is 20.3 Å². The molecule has 6 nitrogen and oxygen atoms in total. The summed E-state index contributed by atoms with van der Waals surface area (Å²) in [6.07, 6.45) is 0.750. The third-order valence-electron chi connectivity index (χ3n) is 4.58. The topological polar surface area (TPSA) is 66.0 Å². The Morgan fingerprint density at radius 3 is 2.79 bits per heavy atom. The third kappa shape index (κ3) is 6.06. The van der Waals surface area contributed by atoms with Gasteiger partial charge in [-0.1, -0.05) is 24.3 Å². The molecule has 8 heteroatoms. The van der Waals surface area contributed by atoms with Crippen molar-refractivity contribution in [2.75, 3.05) is 31.6 Å². The fourth-order valence-corrected chi connectivity index (χ4v) is 3.00. The lowest BCUT2D eigenvalue weighted by atomic mass is 10.1. The Balaban J connectivity index is 0.00000300. The summed E-state index contributed by atoms with van der Waals surface area (Å²) >= 11 is 0. The van der Waals surface area contributed by atoms with Crippen molar-refractivity contribution in [3.63, 3.8) is 0 Å². The van der Waals surface area contributed by atoms with E-state index in [0.29, 0.717) is 31.2 Å². The van der Waals surface area contributed by atoms with Crippen LogP contribution in [0.25, 0.3) is 0 Å². The van der Waals surface area contributed by atoms with Crippen LogP contribution in [0.15, 0.2) is 47.5 Å². The zero-order chi connectivity index (χ0) is 19.9. The molecule has 1 amide bonds. The fourth-order valence-electron chi connectivity index (χ4n) is 3.00. The van der Waals surface area contributed by atoms with Crippen molar-refractivity contribution < 1.29 is 13.9 Å². The number of nitrogens with zero attached hydrogens (tertiary/aromatic N) is 2. The number of rotatable bonds is 6. The van der Waals surface area contributed by atoms with Crippen molar-refractivity contribution in [3.8, 4) is 5.75 Å². The van der Waals surface area contributed by atoms with Gasteiger partial charge in [0, 0.05) is 26.7 Å². The van der Waals surface area contributed by atoms with Gasteiger partial charge in [-0.05, 0) is 42.7 Å². The molecule has 0 spiro atoms. The molecule has 1 aliphatic heterocycles. The van der Waals surface area contributed by atoms with Gasteiger partial charge in [-0.2, -0.15) is 0 Å². The fraction of sp³-hybridized carbons (Fsp3) is 0.333. The number of hydrogen-bond donors (Lipinski definition) is 2. The molecular weight excluding hydrogens is 486 g/mol. The van der Waals surface area contributed by atoms with Crippen molar-refractivity contribution in [3.05, 3.63) is 59.4 Å². The normalized spacial score (nSPS) is 13.3. The highest BCUT2D eigenvalue weighted by Gasteiger charge is 2.24. The minimum absolute atomic E-state index is 0. The van der Waals surface area contributed by atoms with Crippen molar-refractivity contribution >= 4 is 41.5 Å². The molecule has 1 heterocycles. The van der Waals surface area contributed by atoms with E-state index in [1.807, 2.05) is 30.3 Å². The molecule has 0 radical (unpaired) electrons. The number of hydrogen-bond acceptors (Lipinski definition) is 3. The molecule has 0 unspecified atom stereocenters. The molecule has 0 saturated carbocycles. The van der Waals surface area contributed by atoms with Crippen molar-refractivity contribution in [2.24, 2.45) is 4.99 Å². The number of para-hydroxylation sites is 2. The Morgan fingerprint density at radius 2 is 2.03 bits per heavy atom. The maximum Gasteiger partial charge on any atom is 0.265 e. The first-order valence-electron chi connectivity index (χ1n) is 9.30. The number of fused-ring (bicyclic) bond motifs is 1. The van der Waals surface area contributed by atoms with Crippen LogP contribution >= 0.6 is 24.0 Å². The van der Waals surface area contributed by atoms with Gasteiger partial charge in [-0.15, -0.1) is 24.0 Å². The molecule has 0 bridgehead atoms. The average Bonchev–Trinajstić information content (AvgIpc) is 2.71. The van der Waals surface area contributed by atoms with E-state index in [1.54, 1.807) is 24.9 Å². The Morgan fingerprint density at radius 1 is 1.24 bits per heavy atom.